The van der Waals surface area contributed by atoms with Crippen molar-refractivity contribution in [2.75, 3.05) is 13.2 Å². The first-order chi connectivity index (χ1) is 10.1. The summed E-state index contributed by atoms with van der Waals surface area (Å²) in [4.78, 5) is 0. The van der Waals surface area contributed by atoms with Gasteiger partial charge in [0.05, 0.1) is 12.1 Å². The van der Waals surface area contributed by atoms with Crippen molar-refractivity contribution >= 4 is 11.0 Å². The molecule has 3 nitrogen and oxygen atoms in total. The third-order valence-electron chi connectivity index (χ3n) is 3.77. The maximum Gasteiger partial charge on any atom is 0.134 e. The molecule has 2 atom stereocenters. The summed E-state index contributed by atoms with van der Waals surface area (Å²) in [6.45, 7) is 12.2. The SMILES string of the molecule is CCNC(c1cc2cc(C)ccc2o1)C(OCC)C(C)C. The highest BCUT2D eigenvalue weighted by molar-refractivity contribution is 5.78. The molecule has 2 aromatic rings. The highest BCUT2D eigenvalue weighted by Gasteiger charge is 2.28. The van der Waals surface area contributed by atoms with Crippen LogP contribution in [0, 0.1) is 12.8 Å². The van der Waals surface area contributed by atoms with Crippen molar-refractivity contribution in [2.45, 2.75) is 46.8 Å². The molecule has 2 rings (SSSR count). The van der Waals surface area contributed by atoms with Gasteiger partial charge in [0.2, 0.25) is 0 Å². The number of hydrogen-bond acceptors (Lipinski definition) is 3. The zero-order valence-electron chi connectivity index (χ0n) is 13.8. The van der Waals surface area contributed by atoms with Gasteiger partial charge >= 0.3 is 0 Å². The van der Waals surface area contributed by atoms with Gasteiger partial charge in [0, 0.05) is 12.0 Å². The van der Waals surface area contributed by atoms with Crippen molar-refractivity contribution in [3.63, 3.8) is 0 Å². The maximum atomic E-state index is 6.07. The van der Waals surface area contributed by atoms with Gasteiger partial charge in [-0.3, -0.25) is 0 Å². The minimum Gasteiger partial charge on any atom is -0.459 e. The molecule has 0 aliphatic heterocycles. The summed E-state index contributed by atoms with van der Waals surface area (Å²) in [5, 5.41) is 4.68. The highest BCUT2D eigenvalue weighted by Crippen LogP contribution is 2.30. The lowest BCUT2D eigenvalue weighted by Gasteiger charge is -2.29. The monoisotopic (exact) mass is 289 g/mol. The van der Waals surface area contributed by atoms with Crippen molar-refractivity contribution in [1.82, 2.24) is 5.32 Å². The van der Waals surface area contributed by atoms with Crippen LogP contribution in [0.3, 0.4) is 0 Å². The third kappa shape index (κ3) is 3.66. The predicted molar refractivity (Wildman–Crippen MR) is 87.6 cm³/mol. The number of likely N-dealkylation sites (N-methyl/N-ethyl adjacent to an activating group) is 1. The number of benzene rings is 1. The minimum atomic E-state index is 0.0858. The van der Waals surface area contributed by atoms with Crippen molar-refractivity contribution in [2.24, 2.45) is 5.92 Å². The largest absolute Gasteiger partial charge is 0.459 e. The van der Waals surface area contributed by atoms with E-state index in [1.54, 1.807) is 0 Å². The van der Waals surface area contributed by atoms with Gasteiger partial charge in [-0.15, -0.1) is 0 Å². The van der Waals surface area contributed by atoms with E-state index in [-0.39, 0.29) is 12.1 Å². The van der Waals surface area contributed by atoms with Gasteiger partial charge in [-0.1, -0.05) is 32.4 Å². The van der Waals surface area contributed by atoms with E-state index in [9.17, 15) is 0 Å². The average Bonchev–Trinajstić information content (AvgIpc) is 2.85. The molecule has 0 aliphatic carbocycles. The van der Waals surface area contributed by atoms with Crippen LogP contribution in [0.25, 0.3) is 11.0 Å². The second-order valence-corrected chi connectivity index (χ2v) is 5.89. The molecule has 1 aromatic carbocycles. The molecule has 0 radical (unpaired) electrons. The molecule has 0 saturated carbocycles. The van der Waals surface area contributed by atoms with Crippen LogP contribution < -0.4 is 5.32 Å². The quantitative estimate of drug-likeness (QED) is 0.817. The van der Waals surface area contributed by atoms with E-state index in [0.29, 0.717) is 12.5 Å². The molecule has 116 valence electrons. The van der Waals surface area contributed by atoms with Gasteiger partial charge in [0.15, 0.2) is 0 Å². The Morgan fingerprint density at radius 1 is 1.19 bits per heavy atom. The van der Waals surface area contributed by atoms with Crippen LogP contribution in [0.15, 0.2) is 28.7 Å². The summed E-state index contributed by atoms with van der Waals surface area (Å²) in [5.74, 6) is 1.38. The zero-order chi connectivity index (χ0) is 15.4. The lowest BCUT2D eigenvalue weighted by molar-refractivity contribution is -0.00150. The smallest absolute Gasteiger partial charge is 0.134 e. The Labute approximate surface area is 127 Å². The second kappa shape index (κ2) is 7.10. The van der Waals surface area contributed by atoms with Crippen LogP contribution in [0.1, 0.15) is 45.1 Å². The number of furan rings is 1. The van der Waals surface area contributed by atoms with Crippen molar-refractivity contribution in [1.29, 1.82) is 0 Å². The van der Waals surface area contributed by atoms with E-state index in [1.165, 1.54) is 5.56 Å². The van der Waals surface area contributed by atoms with Crippen LogP contribution in [0.4, 0.5) is 0 Å². The molecule has 1 N–H and O–H groups in total. The van der Waals surface area contributed by atoms with Crippen LogP contribution in [-0.2, 0) is 4.74 Å². The van der Waals surface area contributed by atoms with Gasteiger partial charge < -0.3 is 14.5 Å². The Morgan fingerprint density at radius 3 is 2.57 bits per heavy atom. The Morgan fingerprint density at radius 2 is 1.95 bits per heavy atom. The number of nitrogens with one attached hydrogen (secondary N) is 1. The van der Waals surface area contributed by atoms with E-state index in [1.807, 2.05) is 13.0 Å². The molecule has 1 heterocycles. The molecule has 0 spiro atoms. The van der Waals surface area contributed by atoms with E-state index < -0.39 is 0 Å². The highest BCUT2D eigenvalue weighted by atomic mass is 16.5. The van der Waals surface area contributed by atoms with Gasteiger partial charge in [-0.05, 0) is 44.5 Å². The van der Waals surface area contributed by atoms with Crippen LogP contribution >= 0.6 is 0 Å². The number of ether oxygens (including phenoxy) is 1. The summed E-state index contributed by atoms with van der Waals surface area (Å²) in [5.41, 5.74) is 2.19. The van der Waals surface area contributed by atoms with E-state index in [4.69, 9.17) is 9.15 Å². The molecule has 0 bridgehead atoms. The first-order valence-electron chi connectivity index (χ1n) is 7.91. The van der Waals surface area contributed by atoms with Crippen molar-refractivity contribution < 1.29 is 9.15 Å². The number of hydrogen-bond donors (Lipinski definition) is 1. The molecule has 0 fully saturated rings. The van der Waals surface area contributed by atoms with Crippen LogP contribution in [0.5, 0.6) is 0 Å². The molecular formula is C18H27NO2. The Kier molecular flexibility index (Phi) is 5.43. The number of rotatable bonds is 7. The van der Waals surface area contributed by atoms with Gasteiger partial charge in [0.25, 0.3) is 0 Å². The zero-order valence-corrected chi connectivity index (χ0v) is 13.8. The molecular weight excluding hydrogens is 262 g/mol. The fourth-order valence-electron chi connectivity index (χ4n) is 2.80. The van der Waals surface area contributed by atoms with Crippen LogP contribution in [-0.4, -0.2) is 19.3 Å². The second-order valence-electron chi connectivity index (χ2n) is 5.89. The molecule has 0 amide bonds. The van der Waals surface area contributed by atoms with E-state index in [2.05, 4.69) is 51.2 Å². The Hall–Kier alpha value is -1.32. The van der Waals surface area contributed by atoms with Gasteiger partial charge in [-0.2, -0.15) is 0 Å². The Bertz CT molecular complexity index is 574. The fourth-order valence-corrected chi connectivity index (χ4v) is 2.80. The standard InChI is InChI=1S/C18H27NO2/c1-6-19-17(18(12(3)4)20-7-2)16-11-14-10-13(5)8-9-15(14)21-16/h8-12,17-19H,6-7H2,1-5H3. The summed E-state index contributed by atoms with van der Waals surface area (Å²) >= 11 is 0. The molecule has 21 heavy (non-hydrogen) atoms. The van der Waals surface area contributed by atoms with Crippen molar-refractivity contribution in [3.05, 3.63) is 35.6 Å². The summed E-state index contributed by atoms with van der Waals surface area (Å²) in [6.07, 6.45) is 0.108. The molecule has 0 saturated heterocycles. The lowest BCUT2D eigenvalue weighted by Crippen LogP contribution is -2.37. The fraction of sp³-hybridized carbons (Fsp3) is 0.556. The predicted octanol–water partition coefficient (Wildman–Crippen LogP) is 4.45. The molecule has 3 heteroatoms. The topological polar surface area (TPSA) is 34.4 Å². The van der Waals surface area contributed by atoms with E-state index in [0.717, 1.165) is 23.3 Å². The molecule has 1 aromatic heterocycles. The summed E-state index contributed by atoms with van der Waals surface area (Å²) in [7, 11) is 0. The molecule has 0 aliphatic rings. The summed E-state index contributed by atoms with van der Waals surface area (Å²) < 4.78 is 12.0. The first-order valence-corrected chi connectivity index (χ1v) is 7.91. The average molecular weight is 289 g/mol. The maximum absolute atomic E-state index is 6.07. The minimum absolute atomic E-state index is 0.0858. The third-order valence-corrected chi connectivity index (χ3v) is 3.77. The van der Waals surface area contributed by atoms with Gasteiger partial charge in [-0.25, -0.2) is 0 Å². The van der Waals surface area contributed by atoms with Crippen LogP contribution in [0.2, 0.25) is 0 Å². The molecule has 2 unspecified atom stereocenters. The Balaban J connectivity index is 2.38. The normalized spacial score (nSPS) is 14.8. The summed E-state index contributed by atoms with van der Waals surface area (Å²) in [6, 6.07) is 8.52. The van der Waals surface area contributed by atoms with Crippen molar-refractivity contribution in [3.8, 4) is 0 Å². The lowest BCUT2D eigenvalue weighted by atomic mass is 9.97. The van der Waals surface area contributed by atoms with Gasteiger partial charge in [0.1, 0.15) is 11.3 Å². The van der Waals surface area contributed by atoms with E-state index >= 15 is 0 Å². The number of fused-ring (bicyclic) bond motifs is 1. The number of aryl methyl sites for hydroxylation is 1. The first kappa shape index (κ1) is 16.1.